The van der Waals surface area contributed by atoms with E-state index in [9.17, 15) is 14.9 Å². The van der Waals surface area contributed by atoms with Gasteiger partial charge in [-0.3, -0.25) is 4.79 Å². The molecule has 0 aliphatic carbocycles. The summed E-state index contributed by atoms with van der Waals surface area (Å²) in [5.74, 6) is -0.340. The first-order valence-corrected chi connectivity index (χ1v) is 5.76. The van der Waals surface area contributed by atoms with Gasteiger partial charge in [-0.15, -0.1) is 0 Å². The van der Waals surface area contributed by atoms with Crippen molar-refractivity contribution < 1.29 is 9.72 Å². The Hall–Kier alpha value is -1.37. The largest absolute Gasteiger partial charge is 0.358 e. The molecule has 1 aliphatic heterocycles. The van der Waals surface area contributed by atoms with E-state index >= 15 is 0 Å². The Morgan fingerprint density at radius 1 is 1.62 bits per heavy atom. The number of aromatic amines is 1. The molecule has 1 amide bonds. The molecule has 0 aromatic carbocycles. The van der Waals surface area contributed by atoms with E-state index in [-0.39, 0.29) is 17.4 Å². The SMILES string of the molecule is O=C(c1ccc([N+](=O)[O-])[nH]1)N1CCC(Br)C1. The predicted molar refractivity (Wildman–Crippen MR) is 60.7 cm³/mol. The summed E-state index contributed by atoms with van der Waals surface area (Å²) in [5, 5.41) is 10.5. The number of halogens is 1. The summed E-state index contributed by atoms with van der Waals surface area (Å²) in [6, 6.07) is 2.75. The highest BCUT2D eigenvalue weighted by atomic mass is 79.9. The van der Waals surface area contributed by atoms with E-state index in [0.717, 1.165) is 6.42 Å². The Morgan fingerprint density at radius 2 is 2.38 bits per heavy atom. The molecular weight excluding hydrogens is 278 g/mol. The number of nitrogens with zero attached hydrogens (tertiary/aromatic N) is 2. The fourth-order valence-corrected chi connectivity index (χ4v) is 2.24. The Morgan fingerprint density at radius 3 is 2.88 bits per heavy atom. The zero-order valence-electron chi connectivity index (χ0n) is 8.35. The molecule has 1 unspecified atom stereocenters. The normalized spacial score (nSPS) is 20.1. The molecule has 1 N–H and O–H groups in total. The van der Waals surface area contributed by atoms with E-state index < -0.39 is 4.92 Å². The first-order chi connectivity index (χ1) is 7.58. The van der Waals surface area contributed by atoms with Crippen LogP contribution >= 0.6 is 15.9 Å². The monoisotopic (exact) mass is 287 g/mol. The molecule has 0 saturated carbocycles. The van der Waals surface area contributed by atoms with Gasteiger partial charge in [0.15, 0.2) is 5.69 Å². The van der Waals surface area contributed by atoms with Gasteiger partial charge >= 0.3 is 5.82 Å². The third-order valence-corrected chi connectivity index (χ3v) is 3.26. The lowest BCUT2D eigenvalue weighted by atomic mass is 10.4. The quantitative estimate of drug-likeness (QED) is 0.509. The molecule has 1 fully saturated rings. The van der Waals surface area contributed by atoms with Crippen LogP contribution in [-0.4, -0.2) is 38.6 Å². The van der Waals surface area contributed by atoms with Gasteiger partial charge in [-0.1, -0.05) is 15.9 Å². The minimum atomic E-state index is -0.548. The fourth-order valence-electron chi connectivity index (χ4n) is 1.69. The van der Waals surface area contributed by atoms with Crippen LogP contribution in [0.3, 0.4) is 0 Å². The van der Waals surface area contributed by atoms with Crippen molar-refractivity contribution >= 4 is 27.7 Å². The van der Waals surface area contributed by atoms with Crippen LogP contribution in [0.15, 0.2) is 12.1 Å². The molecule has 1 aromatic heterocycles. The zero-order chi connectivity index (χ0) is 11.7. The minimum Gasteiger partial charge on any atom is -0.358 e. The van der Waals surface area contributed by atoms with Crippen LogP contribution in [-0.2, 0) is 0 Å². The van der Waals surface area contributed by atoms with Gasteiger partial charge in [0.2, 0.25) is 0 Å². The zero-order valence-corrected chi connectivity index (χ0v) is 9.94. The highest BCUT2D eigenvalue weighted by Gasteiger charge is 2.27. The number of H-pyrrole nitrogens is 1. The van der Waals surface area contributed by atoms with Crippen molar-refractivity contribution in [3.8, 4) is 0 Å². The number of aromatic nitrogens is 1. The molecule has 1 aliphatic rings. The molecule has 1 atom stereocenters. The highest BCUT2D eigenvalue weighted by Crippen LogP contribution is 2.19. The topological polar surface area (TPSA) is 79.2 Å². The summed E-state index contributed by atoms with van der Waals surface area (Å²) < 4.78 is 0. The lowest BCUT2D eigenvalue weighted by molar-refractivity contribution is -0.389. The van der Waals surface area contributed by atoms with E-state index in [0.29, 0.717) is 17.9 Å². The van der Waals surface area contributed by atoms with E-state index in [1.807, 2.05) is 0 Å². The van der Waals surface area contributed by atoms with Crippen molar-refractivity contribution in [2.24, 2.45) is 0 Å². The molecular formula is C9H10BrN3O3. The molecule has 6 nitrogen and oxygen atoms in total. The fraction of sp³-hybridized carbons (Fsp3) is 0.444. The standard InChI is InChI=1S/C9H10BrN3O3/c10-6-3-4-12(5-6)9(14)7-1-2-8(11-7)13(15)16/h1-2,6,11H,3-5H2. The second-order valence-electron chi connectivity index (χ2n) is 3.65. The number of hydrogen-bond donors (Lipinski definition) is 1. The number of nitrogens with one attached hydrogen (secondary N) is 1. The number of alkyl halides is 1. The number of carbonyl (C=O) groups excluding carboxylic acids is 1. The molecule has 2 rings (SSSR count). The van der Waals surface area contributed by atoms with Crippen LogP contribution in [0.5, 0.6) is 0 Å². The molecule has 0 spiro atoms. The molecule has 0 radical (unpaired) electrons. The van der Waals surface area contributed by atoms with Crippen molar-refractivity contribution in [3.05, 3.63) is 27.9 Å². The molecule has 86 valence electrons. The van der Waals surface area contributed by atoms with Crippen molar-refractivity contribution in [3.63, 3.8) is 0 Å². The summed E-state index contributed by atoms with van der Waals surface area (Å²) in [6.07, 6.45) is 0.911. The summed E-state index contributed by atoms with van der Waals surface area (Å²) in [7, 11) is 0. The molecule has 0 bridgehead atoms. The first-order valence-electron chi connectivity index (χ1n) is 4.84. The molecule has 7 heteroatoms. The van der Waals surface area contributed by atoms with Gasteiger partial charge in [-0.2, -0.15) is 0 Å². The van der Waals surface area contributed by atoms with E-state index in [1.165, 1.54) is 12.1 Å². The number of likely N-dealkylation sites (tertiary alicyclic amines) is 1. The lowest BCUT2D eigenvalue weighted by Crippen LogP contribution is -2.29. The molecule has 2 heterocycles. The Bertz CT molecular complexity index is 431. The average Bonchev–Trinajstić information content (AvgIpc) is 2.84. The maximum absolute atomic E-state index is 11.9. The summed E-state index contributed by atoms with van der Waals surface area (Å²) in [4.78, 5) is 26.3. The number of nitro groups is 1. The lowest BCUT2D eigenvalue weighted by Gasteiger charge is -2.12. The maximum Gasteiger partial charge on any atom is 0.321 e. The second-order valence-corrected chi connectivity index (χ2v) is 4.95. The average molecular weight is 288 g/mol. The Balaban J connectivity index is 2.11. The van der Waals surface area contributed by atoms with E-state index in [4.69, 9.17) is 0 Å². The Kier molecular flexibility index (Phi) is 2.95. The van der Waals surface area contributed by atoms with Crippen molar-refractivity contribution in [2.45, 2.75) is 11.2 Å². The van der Waals surface area contributed by atoms with Crippen LogP contribution in [0.4, 0.5) is 5.82 Å². The predicted octanol–water partition coefficient (Wildman–Crippen LogP) is 1.53. The highest BCUT2D eigenvalue weighted by molar-refractivity contribution is 9.09. The van der Waals surface area contributed by atoms with Gasteiger partial charge in [-0.25, -0.2) is 4.98 Å². The van der Waals surface area contributed by atoms with Gasteiger partial charge in [0, 0.05) is 24.0 Å². The number of amides is 1. The summed E-state index contributed by atoms with van der Waals surface area (Å²) in [5.41, 5.74) is 0.272. The van der Waals surface area contributed by atoms with Crippen LogP contribution in [0.2, 0.25) is 0 Å². The van der Waals surface area contributed by atoms with Gasteiger partial charge in [-0.05, 0) is 17.4 Å². The van der Waals surface area contributed by atoms with Gasteiger partial charge in [0.1, 0.15) is 0 Å². The van der Waals surface area contributed by atoms with Crippen molar-refractivity contribution in [1.82, 2.24) is 9.88 Å². The first kappa shape index (κ1) is 11.1. The smallest absolute Gasteiger partial charge is 0.321 e. The van der Waals surface area contributed by atoms with Crippen LogP contribution in [0, 0.1) is 10.1 Å². The van der Waals surface area contributed by atoms with E-state index in [1.54, 1.807) is 4.90 Å². The maximum atomic E-state index is 11.9. The third-order valence-electron chi connectivity index (χ3n) is 2.52. The summed E-state index contributed by atoms with van der Waals surface area (Å²) in [6.45, 7) is 1.33. The molecule has 1 aromatic rings. The van der Waals surface area contributed by atoms with Crippen LogP contribution < -0.4 is 0 Å². The van der Waals surface area contributed by atoms with Crippen LogP contribution in [0.25, 0.3) is 0 Å². The van der Waals surface area contributed by atoms with Crippen molar-refractivity contribution in [2.75, 3.05) is 13.1 Å². The molecule has 1 saturated heterocycles. The third kappa shape index (κ3) is 2.08. The van der Waals surface area contributed by atoms with Gasteiger partial charge in [0.25, 0.3) is 5.91 Å². The van der Waals surface area contributed by atoms with E-state index in [2.05, 4.69) is 20.9 Å². The minimum absolute atomic E-state index is 0.155. The number of rotatable bonds is 2. The Labute approximate surface area is 99.9 Å². The van der Waals surface area contributed by atoms with Gasteiger partial charge in [0.05, 0.1) is 0 Å². The summed E-state index contributed by atoms with van der Waals surface area (Å²) >= 11 is 3.44. The second kappa shape index (κ2) is 4.25. The van der Waals surface area contributed by atoms with Crippen LogP contribution in [0.1, 0.15) is 16.9 Å². The van der Waals surface area contributed by atoms with Crippen molar-refractivity contribution in [1.29, 1.82) is 0 Å². The van der Waals surface area contributed by atoms with Gasteiger partial charge < -0.3 is 15.0 Å². The molecule has 16 heavy (non-hydrogen) atoms. The number of carbonyl (C=O) groups is 1. The number of hydrogen-bond acceptors (Lipinski definition) is 3.